The summed E-state index contributed by atoms with van der Waals surface area (Å²) in [7, 11) is 0. The molecule has 2 nitrogen and oxygen atoms in total. The fraction of sp³-hybridized carbons (Fsp3) is 0.500. The molecule has 0 aliphatic carbocycles. The summed E-state index contributed by atoms with van der Waals surface area (Å²) in [6, 6.07) is 2.68. The molecule has 0 unspecified atom stereocenters. The van der Waals surface area contributed by atoms with Gasteiger partial charge in [0.05, 0.1) is 12.2 Å². The summed E-state index contributed by atoms with van der Waals surface area (Å²) in [5.41, 5.74) is -0.910. The van der Waals surface area contributed by atoms with Crippen LogP contribution in [0.5, 0.6) is 0 Å². The number of nitrogens with one attached hydrogen (secondary N) is 1. The maximum absolute atomic E-state index is 12.8. The van der Waals surface area contributed by atoms with E-state index in [9.17, 15) is 17.6 Å². The molecule has 0 radical (unpaired) electrons. The van der Waals surface area contributed by atoms with Gasteiger partial charge in [-0.1, -0.05) is 6.07 Å². The van der Waals surface area contributed by atoms with Crippen LogP contribution < -0.4 is 5.32 Å². The molecule has 0 amide bonds. The van der Waals surface area contributed by atoms with Crippen LogP contribution in [-0.2, 0) is 17.5 Å². The third-order valence-electron chi connectivity index (χ3n) is 2.32. The van der Waals surface area contributed by atoms with Crippen LogP contribution in [0.2, 0.25) is 0 Å². The van der Waals surface area contributed by atoms with Gasteiger partial charge in [0.2, 0.25) is 0 Å². The van der Waals surface area contributed by atoms with E-state index in [1.54, 1.807) is 0 Å². The fourth-order valence-corrected chi connectivity index (χ4v) is 1.48. The Morgan fingerprint density at radius 2 is 2.00 bits per heavy atom. The molecule has 102 valence electrons. The zero-order valence-electron chi connectivity index (χ0n) is 9.98. The maximum Gasteiger partial charge on any atom is 0.416 e. The molecule has 0 fully saturated rings. The van der Waals surface area contributed by atoms with Crippen molar-refractivity contribution in [3.8, 4) is 0 Å². The van der Waals surface area contributed by atoms with Crippen LogP contribution in [0.3, 0.4) is 0 Å². The third kappa shape index (κ3) is 4.62. The molecule has 0 saturated heterocycles. The first-order valence-corrected chi connectivity index (χ1v) is 5.59. The van der Waals surface area contributed by atoms with Crippen LogP contribution >= 0.6 is 0 Å². The molecule has 0 atom stereocenters. The molecule has 1 aromatic rings. The highest BCUT2D eigenvalue weighted by molar-refractivity contribution is 5.30. The molecular formula is C12H15F4NO. The Hall–Kier alpha value is -1.14. The minimum atomic E-state index is -4.54. The zero-order valence-corrected chi connectivity index (χ0v) is 9.98. The van der Waals surface area contributed by atoms with E-state index >= 15 is 0 Å². The van der Waals surface area contributed by atoms with Gasteiger partial charge in [-0.3, -0.25) is 0 Å². The van der Waals surface area contributed by atoms with Crippen molar-refractivity contribution >= 4 is 0 Å². The first-order valence-electron chi connectivity index (χ1n) is 5.59. The fourth-order valence-electron chi connectivity index (χ4n) is 1.48. The molecule has 18 heavy (non-hydrogen) atoms. The lowest BCUT2D eigenvalue weighted by Crippen LogP contribution is -2.21. The topological polar surface area (TPSA) is 21.3 Å². The van der Waals surface area contributed by atoms with Gasteiger partial charge in [-0.15, -0.1) is 0 Å². The van der Waals surface area contributed by atoms with Crippen molar-refractivity contribution in [1.82, 2.24) is 5.32 Å². The highest BCUT2D eigenvalue weighted by atomic mass is 19.4. The number of hydrogen-bond acceptors (Lipinski definition) is 2. The summed E-state index contributed by atoms with van der Waals surface area (Å²) in [5, 5.41) is 2.82. The lowest BCUT2D eigenvalue weighted by atomic mass is 10.1. The molecule has 0 spiro atoms. The number of ether oxygens (including phenoxy) is 1. The summed E-state index contributed by atoms with van der Waals surface area (Å²) in [6.07, 6.45) is -4.54. The van der Waals surface area contributed by atoms with Crippen molar-refractivity contribution in [2.75, 3.05) is 19.8 Å². The maximum atomic E-state index is 12.8. The number of rotatable bonds is 6. The molecule has 6 heteroatoms. The normalized spacial score (nSPS) is 11.8. The third-order valence-corrected chi connectivity index (χ3v) is 2.32. The van der Waals surface area contributed by atoms with Gasteiger partial charge < -0.3 is 10.1 Å². The van der Waals surface area contributed by atoms with Crippen molar-refractivity contribution in [2.45, 2.75) is 19.6 Å². The van der Waals surface area contributed by atoms with Gasteiger partial charge in [0.1, 0.15) is 5.82 Å². The van der Waals surface area contributed by atoms with Crippen LogP contribution in [-0.4, -0.2) is 19.8 Å². The molecule has 0 aliphatic rings. The van der Waals surface area contributed by atoms with Gasteiger partial charge in [-0.2, -0.15) is 13.2 Å². The summed E-state index contributed by atoms with van der Waals surface area (Å²) >= 11 is 0. The smallest absolute Gasteiger partial charge is 0.380 e. The number of halogens is 4. The largest absolute Gasteiger partial charge is 0.416 e. The van der Waals surface area contributed by atoms with Crippen molar-refractivity contribution in [3.63, 3.8) is 0 Å². The first-order chi connectivity index (χ1) is 8.45. The minimum Gasteiger partial charge on any atom is -0.380 e. The van der Waals surface area contributed by atoms with Gasteiger partial charge in [-0.25, -0.2) is 4.39 Å². The molecule has 1 rings (SSSR count). The second-order valence-corrected chi connectivity index (χ2v) is 3.67. The van der Waals surface area contributed by atoms with E-state index in [2.05, 4.69) is 5.32 Å². The summed E-state index contributed by atoms with van der Waals surface area (Å²) in [6.45, 7) is 3.30. The Morgan fingerprint density at radius 1 is 1.28 bits per heavy atom. The molecule has 0 bridgehead atoms. The molecular weight excluding hydrogens is 250 g/mol. The SMILES string of the molecule is CCOCCNCc1ccc(F)cc1C(F)(F)F. The Morgan fingerprint density at radius 3 is 2.61 bits per heavy atom. The monoisotopic (exact) mass is 265 g/mol. The molecule has 1 aromatic carbocycles. The highest BCUT2D eigenvalue weighted by Gasteiger charge is 2.33. The van der Waals surface area contributed by atoms with E-state index < -0.39 is 17.6 Å². The van der Waals surface area contributed by atoms with Gasteiger partial charge in [0, 0.05) is 19.7 Å². The minimum absolute atomic E-state index is 0.0281. The average Bonchev–Trinajstić information content (AvgIpc) is 2.29. The lowest BCUT2D eigenvalue weighted by molar-refractivity contribution is -0.138. The van der Waals surface area contributed by atoms with E-state index in [1.165, 1.54) is 0 Å². The second-order valence-electron chi connectivity index (χ2n) is 3.67. The summed E-state index contributed by atoms with van der Waals surface area (Å²) in [4.78, 5) is 0. The van der Waals surface area contributed by atoms with E-state index in [1.807, 2.05) is 6.92 Å². The summed E-state index contributed by atoms with van der Waals surface area (Å²) < 4.78 is 55.8. The second kappa shape index (κ2) is 6.70. The quantitative estimate of drug-likeness (QED) is 0.630. The number of benzene rings is 1. The standard InChI is InChI=1S/C12H15F4NO/c1-2-18-6-5-17-8-9-3-4-10(13)7-11(9)12(14,15)16/h3-4,7,17H,2,5-6,8H2,1H3. The van der Waals surface area contributed by atoms with Crippen LogP contribution in [0.25, 0.3) is 0 Å². The molecule has 0 saturated carbocycles. The van der Waals surface area contributed by atoms with E-state index in [-0.39, 0.29) is 12.1 Å². The van der Waals surface area contributed by atoms with Gasteiger partial charge in [-0.05, 0) is 24.6 Å². The van der Waals surface area contributed by atoms with Crippen LogP contribution in [0.4, 0.5) is 17.6 Å². The first kappa shape index (κ1) is 14.9. The van der Waals surface area contributed by atoms with E-state index in [4.69, 9.17) is 4.74 Å². The number of alkyl halides is 3. The van der Waals surface area contributed by atoms with Crippen LogP contribution in [0, 0.1) is 5.82 Å². The van der Waals surface area contributed by atoms with E-state index in [0.717, 1.165) is 12.1 Å². The van der Waals surface area contributed by atoms with Crippen molar-refractivity contribution in [3.05, 3.63) is 35.1 Å². The van der Waals surface area contributed by atoms with Crippen LogP contribution in [0.1, 0.15) is 18.1 Å². The lowest BCUT2D eigenvalue weighted by Gasteiger charge is -2.13. The highest BCUT2D eigenvalue weighted by Crippen LogP contribution is 2.32. The Bertz CT molecular complexity index is 379. The molecule has 0 heterocycles. The molecule has 0 aromatic heterocycles. The van der Waals surface area contributed by atoms with Crippen molar-refractivity contribution in [1.29, 1.82) is 0 Å². The summed E-state index contributed by atoms with van der Waals surface area (Å²) in [5.74, 6) is -0.889. The predicted molar refractivity (Wildman–Crippen MR) is 59.6 cm³/mol. The van der Waals surface area contributed by atoms with Crippen molar-refractivity contribution < 1.29 is 22.3 Å². The average molecular weight is 265 g/mol. The van der Waals surface area contributed by atoms with Gasteiger partial charge in [0.25, 0.3) is 0 Å². The Kier molecular flexibility index (Phi) is 5.55. The van der Waals surface area contributed by atoms with E-state index in [0.29, 0.717) is 25.8 Å². The Balaban J connectivity index is 2.65. The molecule has 1 N–H and O–H groups in total. The van der Waals surface area contributed by atoms with Crippen LogP contribution in [0.15, 0.2) is 18.2 Å². The predicted octanol–water partition coefficient (Wildman–Crippen LogP) is 2.97. The number of hydrogen-bond donors (Lipinski definition) is 1. The molecule has 0 aliphatic heterocycles. The zero-order chi connectivity index (χ0) is 13.6. The van der Waals surface area contributed by atoms with Gasteiger partial charge >= 0.3 is 6.18 Å². The van der Waals surface area contributed by atoms with Crippen molar-refractivity contribution in [2.24, 2.45) is 0 Å². The van der Waals surface area contributed by atoms with Gasteiger partial charge in [0.15, 0.2) is 0 Å². The Labute approximate surface area is 103 Å².